The quantitative estimate of drug-likeness (QED) is 0.0396. The minimum atomic E-state index is 0.384. The lowest BCUT2D eigenvalue weighted by Gasteiger charge is -2.11. The van der Waals surface area contributed by atoms with Gasteiger partial charge in [-0.2, -0.15) is 0 Å². The van der Waals surface area contributed by atoms with E-state index in [4.69, 9.17) is 18.3 Å². The van der Waals surface area contributed by atoms with Crippen molar-refractivity contribution in [2.45, 2.75) is 182 Å². The molecular weight excluding hydrogens is 753 g/mol. The van der Waals surface area contributed by atoms with Crippen molar-refractivity contribution >= 4 is 11.3 Å². The third-order valence-electron chi connectivity index (χ3n) is 11.1. The molecule has 0 saturated carbocycles. The van der Waals surface area contributed by atoms with Crippen molar-refractivity contribution in [2.24, 2.45) is 0 Å². The molecule has 0 fully saturated rings. The van der Waals surface area contributed by atoms with Gasteiger partial charge >= 0.3 is 0 Å². The lowest BCUT2D eigenvalue weighted by Crippen LogP contribution is -2.03. The summed E-state index contributed by atoms with van der Waals surface area (Å²) < 4.78 is 26.1. The Hall–Kier alpha value is -3.98. The molecule has 0 N–H and O–H groups in total. The van der Waals surface area contributed by atoms with E-state index in [1.165, 1.54) is 151 Å². The molecule has 3 heterocycles. The number of thiophene rings is 1. The zero-order valence-electron chi connectivity index (χ0n) is 36.8. The van der Waals surface area contributed by atoms with E-state index in [1.807, 2.05) is 24.3 Å². The first-order valence-corrected chi connectivity index (χ1v) is 24.1. The van der Waals surface area contributed by atoms with Crippen LogP contribution in [0.1, 0.15) is 179 Å². The number of unbranched alkanes of at least 4 members (excludes halogenated alkanes) is 22. The third-order valence-corrected chi connectivity index (χ3v) is 12.3. The van der Waals surface area contributed by atoms with Crippen molar-refractivity contribution in [3.63, 3.8) is 0 Å². The molecule has 0 bridgehead atoms. The zero-order chi connectivity index (χ0) is 41.3. The van der Waals surface area contributed by atoms with Crippen LogP contribution in [-0.2, 0) is 0 Å². The van der Waals surface area contributed by atoms with E-state index in [0.717, 1.165) is 36.8 Å². The van der Waals surface area contributed by atoms with Gasteiger partial charge in [0, 0.05) is 11.1 Å². The van der Waals surface area contributed by atoms with Crippen LogP contribution < -0.4 is 9.47 Å². The van der Waals surface area contributed by atoms with Gasteiger partial charge < -0.3 is 18.3 Å². The summed E-state index contributed by atoms with van der Waals surface area (Å²) in [7, 11) is 0. The predicted octanol–water partition coefficient (Wildman–Crippen LogP) is 16.0. The standard InChI is InChI=1S/C50H72N4O4S/c1-5-7-9-11-13-15-17-19-21-23-25-27-37-55-43-44(56-38-28-26-24-22-20-18-16-14-12-10-8-6-2)46(50-54-52-48(58-50)42-35-31-40(4)32-36-42)59-45(43)49-53-51-47(57-49)41-33-29-39(3)30-34-41/h29-36H,5-28,37-38H2,1-4H3. The molecule has 0 radical (unpaired) electrons. The number of nitrogens with zero attached hydrogens (tertiary/aromatic N) is 4. The van der Waals surface area contributed by atoms with Crippen LogP contribution >= 0.6 is 11.3 Å². The molecule has 3 aromatic heterocycles. The van der Waals surface area contributed by atoms with Gasteiger partial charge in [-0.25, -0.2) is 0 Å². The summed E-state index contributed by atoms with van der Waals surface area (Å²) >= 11 is 1.44. The van der Waals surface area contributed by atoms with E-state index in [9.17, 15) is 0 Å². The number of rotatable bonds is 32. The third kappa shape index (κ3) is 15.9. The van der Waals surface area contributed by atoms with E-state index >= 15 is 0 Å². The highest BCUT2D eigenvalue weighted by molar-refractivity contribution is 7.19. The van der Waals surface area contributed by atoms with Gasteiger partial charge in [0.2, 0.25) is 11.8 Å². The maximum atomic E-state index is 6.68. The molecule has 5 aromatic rings. The largest absolute Gasteiger partial charge is 0.488 e. The first-order chi connectivity index (χ1) is 29.1. The first-order valence-electron chi connectivity index (χ1n) is 23.3. The lowest BCUT2D eigenvalue weighted by atomic mass is 10.1. The molecule has 0 aliphatic heterocycles. The molecule has 2 aromatic carbocycles. The number of aryl methyl sites for hydroxylation is 2. The second-order valence-electron chi connectivity index (χ2n) is 16.5. The van der Waals surface area contributed by atoms with Crippen molar-refractivity contribution < 1.29 is 18.3 Å². The molecule has 9 heteroatoms. The van der Waals surface area contributed by atoms with Gasteiger partial charge in [0.25, 0.3) is 11.8 Å². The number of hydrogen-bond donors (Lipinski definition) is 0. The Morgan fingerprint density at radius 2 is 0.678 bits per heavy atom. The van der Waals surface area contributed by atoms with Crippen LogP contribution in [0.25, 0.3) is 44.4 Å². The summed E-state index contributed by atoms with van der Waals surface area (Å²) in [4.78, 5) is 1.43. The number of aromatic nitrogens is 4. The van der Waals surface area contributed by atoms with Crippen LogP contribution in [0.15, 0.2) is 57.4 Å². The fourth-order valence-electron chi connectivity index (χ4n) is 7.43. The van der Waals surface area contributed by atoms with Crippen molar-refractivity contribution in [2.75, 3.05) is 13.2 Å². The van der Waals surface area contributed by atoms with Gasteiger partial charge in [-0.15, -0.1) is 31.7 Å². The van der Waals surface area contributed by atoms with Crippen molar-refractivity contribution in [1.82, 2.24) is 20.4 Å². The van der Waals surface area contributed by atoms with E-state index < -0.39 is 0 Å². The van der Waals surface area contributed by atoms with E-state index in [2.05, 4.69) is 72.4 Å². The van der Waals surface area contributed by atoms with Crippen molar-refractivity contribution in [3.8, 4) is 55.9 Å². The smallest absolute Gasteiger partial charge is 0.262 e. The predicted molar refractivity (Wildman–Crippen MR) is 244 cm³/mol. The summed E-state index contributed by atoms with van der Waals surface area (Å²) in [6.07, 6.45) is 30.9. The fraction of sp³-hybridized carbons (Fsp3) is 0.600. The Kier molecular flexibility index (Phi) is 21.1. The molecule has 0 spiro atoms. The van der Waals surface area contributed by atoms with Crippen LogP contribution in [0.3, 0.4) is 0 Å². The van der Waals surface area contributed by atoms with E-state index in [0.29, 0.717) is 58.0 Å². The van der Waals surface area contributed by atoms with Gasteiger partial charge in [0.1, 0.15) is 9.75 Å². The number of hydrogen-bond acceptors (Lipinski definition) is 9. The number of benzene rings is 2. The maximum absolute atomic E-state index is 6.68. The van der Waals surface area contributed by atoms with Gasteiger partial charge in [-0.05, 0) is 51.0 Å². The molecule has 59 heavy (non-hydrogen) atoms. The minimum absolute atomic E-state index is 0.384. The topological polar surface area (TPSA) is 96.3 Å². The highest BCUT2D eigenvalue weighted by Crippen LogP contribution is 2.52. The van der Waals surface area contributed by atoms with Crippen LogP contribution in [0.2, 0.25) is 0 Å². The monoisotopic (exact) mass is 825 g/mol. The van der Waals surface area contributed by atoms with Gasteiger partial charge in [0.15, 0.2) is 11.5 Å². The van der Waals surface area contributed by atoms with Gasteiger partial charge in [0.05, 0.1) is 13.2 Å². The lowest BCUT2D eigenvalue weighted by molar-refractivity contribution is 0.261. The average Bonchev–Trinajstić information content (AvgIpc) is 4.02. The molecule has 0 aliphatic carbocycles. The van der Waals surface area contributed by atoms with Crippen LogP contribution in [-0.4, -0.2) is 33.6 Å². The summed E-state index contributed by atoms with van der Waals surface area (Å²) in [5.74, 6) is 2.91. The van der Waals surface area contributed by atoms with Gasteiger partial charge in [-0.1, -0.05) is 190 Å². The Labute approximate surface area is 359 Å². The van der Waals surface area contributed by atoms with Crippen molar-refractivity contribution in [1.29, 1.82) is 0 Å². The van der Waals surface area contributed by atoms with Crippen LogP contribution in [0.4, 0.5) is 0 Å². The zero-order valence-corrected chi connectivity index (χ0v) is 37.7. The second-order valence-corrected chi connectivity index (χ2v) is 17.5. The first kappa shape index (κ1) is 46.1. The molecule has 322 valence electrons. The van der Waals surface area contributed by atoms with E-state index in [1.54, 1.807) is 0 Å². The Morgan fingerprint density at radius 3 is 1.00 bits per heavy atom. The molecule has 8 nitrogen and oxygen atoms in total. The maximum Gasteiger partial charge on any atom is 0.262 e. The Bertz CT molecular complexity index is 1710. The summed E-state index contributed by atoms with van der Waals surface area (Å²) in [6, 6.07) is 16.2. The highest BCUT2D eigenvalue weighted by Gasteiger charge is 2.30. The van der Waals surface area contributed by atoms with Crippen LogP contribution in [0, 0.1) is 13.8 Å². The molecule has 0 atom stereocenters. The summed E-state index contributed by atoms with van der Waals surface area (Å²) in [5.41, 5.74) is 4.08. The molecule has 0 saturated heterocycles. The van der Waals surface area contributed by atoms with E-state index in [-0.39, 0.29) is 0 Å². The van der Waals surface area contributed by atoms with Crippen LogP contribution in [0.5, 0.6) is 11.5 Å². The Balaban J connectivity index is 1.27. The SMILES string of the molecule is CCCCCCCCCCCCCCOc1c(-c2nnc(-c3ccc(C)cc3)o2)sc(-c2nnc(-c3ccc(C)cc3)o2)c1OCCCCCCCCCCCCCC. The van der Waals surface area contributed by atoms with Crippen molar-refractivity contribution in [3.05, 3.63) is 59.7 Å². The summed E-state index contributed by atoms with van der Waals surface area (Å²) in [5, 5.41) is 18.0. The van der Waals surface area contributed by atoms with Gasteiger partial charge in [-0.3, -0.25) is 0 Å². The average molecular weight is 825 g/mol. The minimum Gasteiger partial charge on any atom is -0.488 e. The number of ether oxygens (including phenoxy) is 2. The second kappa shape index (κ2) is 27.0. The molecule has 0 amide bonds. The molecule has 0 unspecified atom stereocenters. The summed E-state index contributed by atoms with van der Waals surface area (Å²) in [6.45, 7) is 9.82. The molecule has 0 aliphatic rings. The highest BCUT2D eigenvalue weighted by atomic mass is 32.1. The fourth-order valence-corrected chi connectivity index (χ4v) is 8.47. The Morgan fingerprint density at radius 1 is 0.390 bits per heavy atom. The molecule has 5 rings (SSSR count). The molecular formula is C50H72N4O4S. The normalized spacial score (nSPS) is 11.5.